The monoisotopic (exact) mass is 145 g/mol. The highest BCUT2D eigenvalue weighted by Crippen LogP contribution is 2.09. The van der Waals surface area contributed by atoms with Crippen molar-refractivity contribution in [3.63, 3.8) is 0 Å². The molecule has 9 heavy (non-hydrogen) atoms. The van der Waals surface area contributed by atoms with Gasteiger partial charge < -0.3 is 9.52 Å². The van der Waals surface area contributed by atoms with Crippen LogP contribution in [0.25, 0.3) is 0 Å². The number of hydrogen-bond donors (Lipinski definition) is 2. The molecule has 1 rings (SSSR count). The summed E-state index contributed by atoms with van der Waals surface area (Å²) in [7, 11) is 0. The molecular formula is C4H3NO3S. The Kier molecular flexibility index (Phi) is 1.44. The predicted octanol–water partition coefficient (Wildman–Crippen LogP) is 0.661. The van der Waals surface area contributed by atoms with Gasteiger partial charge in [0.2, 0.25) is 5.76 Å². The summed E-state index contributed by atoms with van der Waals surface area (Å²) in [6, 6.07) is 0. The molecular weight excluding hydrogens is 142 g/mol. The van der Waals surface area contributed by atoms with E-state index in [-0.39, 0.29) is 10.8 Å². The number of carboxylic acids is 1. The number of carbonyl (C=O) groups is 1. The average molecular weight is 145 g/mol. The van der Waals surface area contributed by atoms with Crippen molar-refractivity contribution in [1.29, 1.82) is 0 Å². The summed E-state index contributed by atoms with van der Waals surface area (Å²) in [5.74, 6) is -1.38. The largest absolute Gasteiger partial charge is 0.475 e. The number of rotatable bonds is 1. The van der Waals surface area contributed by atoms with E-state index in [0.717, 1.165) is 6.39 Å². The third kappa shape index (κ3) is 1.05. The normalized spacial score (nSPS) is 9.44. The summed E-state index contributed by atoms with van der Waals surface area (Å²) in [5, 5.41) is 8.37. The van der Waals surface area contributed by atoms with Crippen molar-refractivity contribution in [2.45, 2.75) is 5.03 Å². The fourth-order valence-corrected chi connectivity index (χ4v) is 0.582. The van der Waals surface area contributed by atoms with Crippen molar-refractivity contribution in [2.24, 2.45) is 0 Å². The van der Waals surface area contributed by atoms with Gasteiger partial charge in [0.05, 0.1) is 0 Å². The molecule has 0 radical (unpaired) electrons. The van der Waals surface area contributed by atoms with Gasteiger partial charge in [0.15, 0.2) is 6.39 Å². The van der Waals surface area contributed by atoms with Crippen LogP contribution in [0.4, 0.5) is 0 Å². The van der Waals surface area contributed by atoms with Crippen molar-refractivity contribution >= 4 is 18.6 Å². The van der Waals surface area contributed by atoms with Crippen LogP contribution in [-0.4, -0.2) is 16.1 Å². The van der Waals surface area contributed by atoms with Crippen molar-refractivity contribution < 1.29 is 14.3 Å². The molecule has 1 aromatic heterocycles. The molecule has 0 saturated carbocycles. The van der Waals surface area contributed by atoms with E-state index in [1.165, 1.54) is 0 Å². The van der Waals surface area contributed by atoms with E-state index >= 15 is 0 Å². The van der Waals surface area contributed by atoms with Crippen LogP contribution in [0.5, 0.6) is 0 Å². The van der Waals surface area contributed by atoms with Gasteiger partial charge in [-0.1, -0.05) is 0 Å². The molecule has 0 aliphatic heterocycles. The van der Waals surface area contributed by atoms with Gasteiger partial charge in [0.25, 0.3) is 0 Å². The van der Waals surface area contributed by atoms with Gasteiger partial charge in [-0.2, -0.15) is 0 Å². The molecule has 0 bridgehead atoms. The Morgan fingerprint density at radius 3 is 2.78 bits per heavy atom. The molecule has 1 heterocycles. The predicted molar refractivity (Wildman–Crippen MR) is 30.7 cm³/mol. The maximum Gasteiger partial charge on any atom is 0.374 e. The molecule has 0 aliphatic rings. The minimum absolute atomic E-state index is 0.0995. The molecule has 0 spiro atoms. The number of hydrogen-bond acceptors (Lipinski definition) is 4. The smallest absolute Gasteiger partial charge is 0.374 e. The fraction of sp³-hybridized carbons (Fsp3) is 0. The van der Waals surface area contributed by atoms with E-state index in [2.05, 4.69) is 22.0 Å². The maximum absolute atomic E-state index is 10.1. The Balaban J connectivity index is 3.08. The van der Waals surface area contributed by atoms with E-state index < -0.39 is 5.97 Å². The Hall–Kier alpha value is -0.970. The summed E-state index contributed by atoms with van der Waals surface area (Å²) in [5.41, 5.74) is 0. The zero-order chi connectivity index (χ0) is 6.85. The van der Waals surface area contributed by atoms with Crippen molar-refractivity contribution in [3.8, 4) is 0 Å². The van der Waals surface area contributed by atoms with E-state index in [4.69, 9.17) is 5.11 Å². The number of thiol groups is 1. The fourth-order valence-electron chi connectivity index (χ4n) is 0.386. The lowest BCUT2D eigenvalue weighted by molar-refractivity contribution is 0.0657. The van der Waals surface area contributed by atoms with Crippen LogP contribution >= 0.6 is 12.6 Å². The molecule has 0 atom stereocenters. The molecule has 0 unspecified atom stereocenters. The van der Waals surface area contributed by atoms with Crippen molar-refractivity contribution in [3.05, 3.63) is 12.2 Å². The van der Waals surface area contributed by atoms with Gasteiger partial charge in [-0.3, -0.25) is 0 Å². The summed E-state index contributed by atoms with van der Waals surface area (Å²) >= 11 is 3.70. The lowest BCUT2D eigenvalue weighted by Crippen LogP contribution is -1.93. The highest BCUT2D eigenvalue weighted by molar-refractivity contribution is 7.80. The van der Waals surface area contributed by atoms with Gasteiger partial charge in [-0.25, -0.2) is 9.78 Å². The molecule has 0 amide bonds. The second kappa shape index (κ2) is 2.10. The number of nitrogens with zero attached hydrogens (tertiary/aromatic N) is 1. The minimum atomic E-state index is -1.16. The van der Waals surface area contributed by atoms with E-state index in [9.17, 15) is 4.79 Å². The minimum Gasteiger partial charge on any atom is -0.475 e. The second-order valence-corrected chi connectivity index (χ2v) is 1.73. The van der Waals surface area contributed by atoms with Crippen LogP contribution in [0.3, 0.4) is 0 Å². The Labute approximate surface area is 55.9 Å². The van der Waals surface area contributed by atoms with Crippen LogP contribution in [0.1, 0.15) is 10.6 Å². The molecule has 0 saturated heterocycles. The number of oxazole rings is 1. The first-order valence-corrected chi connectivity index (χ1v) is 2.52. The highest BCUT2D eigenvalue weighted by atomic mass is 32.1. The highest BCUT2D eigenvalue weighted by Gasteiger charge is 2.11. The van der Waals surface area contributed by atoms with E-state index in [1.807, 2.05) is 0 Å². The zero-order valence-electron chi connectivity index (χ0n) is 4.24. The Bertz CT molecular complexity index is 231. The van der Waals surface area contributed by atoms with E-state index in [0.29, 0.717) is 0 Å². The SMILES string of the molecule is O=C(O)c1ocnc1S. The van der Waals surface area contributed by atoms with Crippen molar-refractivity contribution in [2.75, 3.05) is 0 Å². The maximum atomic E-state index is 10.1. The van der Waals surface area contributed by atoms with Crippen LogP contribution in [-0.2, 0) is 0 Å². The summed E-state index contributed by atoms with van der Waals surface area (Å²) < 4.78 is 4.44. The standard InChI is InChI=1S/C4H3NO3S/c6-4(7)2-3(9)5-1-8-2/h1,9H,(H,6,7). The van der Waals surface area contributed by atoms with Crippen molar-refractivity contribution in [1.82, 2.24) is 4.98 Å². The average Bonchev–Trinajstić information content (AvgIpc) is 2.13. The third-order valence-electron chi connectivity index (χ3n) is 0.743. The lowest BCUT2D eigenvalue weighted by Gasteiger charge is -1.82. The Morgan fingerprint density at radius 2 is 2.56 bits per heavy atom. The molecule has 0 fully saturated rings. The molecule has 48 valence electrons. The molecule has 0 aromatic carbocycles. The zero-order valence-corrected chi connectivity index (χ0v) is 5.13. The quantitative estimate of drug-likeness (QED) is 0.570. The van der Waals surface area contributed by atoms with Crippen LogP contribution in [0.2, 0.25) is 0 Å². The number of aromatic nitrogens is 1. The van der Waals surface area contributed by atoms with Crippen LogP contribution < -0.4 is 0 Å². The molecule has 5 heteroatoms. The van der Waals surface area contributed by atoms with Gasteiger partial charge in [-0.15, -0.1) is 12.6 Å². The Morgan fingerprint density at radius 1 is 1.89 bits per heavy atom. The van der Waals surface area contributed by atoms with Gasteiger partial charge in [0.1, 0.15) is 5.03 Å². The summed E-state index contributed by atoms with van der Waals surface area (Å²) in [4.78, 5) is 13.6. The topological polar surface area (TPSA) is 63.3 Å². The second-order valence-electron chi connectivity index (χ2n) is 1.31. The molecule has 4 nitrogen and oxygen atoms in total. The van der Waals surface area contributed by atoms with E-state index in [1.54, 1.807) is 0 Å². The summed E-state index contributed by atoms with van der Waals surface area (Å²) in [6.45, 7) is 0. The molecule has 1 aromatic rings. The molecule has 0 aliphatic carbocycles. The lowest BCUT2D eigenvalue weighted by atomic mass is 10.5. The molecule has 1 N–H and O–H groups in total. The van der Waals surface area contributed by atoms with Gasteiger partial charge >= 0.3 is 5.97 Å². The number of carboxylic acid groups (broad SMARTS) is 1. The third-order valence-corrected chi connectivity index (χ3v) is 1.06. The van der Waals surface area contributed by atoms with Crippen LogP contribution in [0, 0.1) is 0 Å². The summed E-state index contributed by atoms with van der Waals surface area (Å²) in [6.07, 6.45) is 1.03. The van der Waals surface area contributed by atoms with Gasteiger partial charge in [0, 0.05) is 0 Å². The van der Waals surface area contributed by atoms with Gasteiger partial charge in [-0.05, 0) is 0 Å². The first kappa shape index (κ1) is 6.15. The first-order valence-electron chi connectivity index (χ1n) is 2.07. The van der Waals surface area contributed by atoms with Crippen LogP contribution in [0.15, 0.2) is 15.8 Å². The number of aromatic carboxylic acids is 1. The first-order chi connectivity index (χ1) is 4.22.